The number of ether oxygens (including phenoxy) is 3. The van der Waals surface area contributed by atoms with Crippen LogP contribution in [0.2, 0.25) is 0 Å². The first-order chi connectivity index (χ1) is 31.4. The van der Waals surface area contributed by atoms with Crippen molar-refractivity contribution >= 4 is 17.9 Å². The van der Waals surface area contributed by atoms with E-state index in [-0.39, 0.29) is 31.1 Å². The second-order valence-electron chi connectivity index (χ2n) is 20.2. The van der Waals surface area contributed by atoms with Crippen molar-refractivity contribution in [3.8, 4) is 0 Å². The molecule has 2 atom stereocenters. The predicted octanol–water partition coefficient (Wildman–Crippen LogP) is 19.0. The van der Waals surface area contributed by atoms with Gasteiger partial charge in [0.1, 0.15) is 13.2 Å². The van der Waals surface area contributed by atoms with Gasteiger partial charge in [-0.25, -0.2) is 0 Å². The van der Waals surface area contributed by atoms with E-state index in [0.29, 0.717) is 19.3 Å². The van der Waals surface area contributed by atoms with E-state index in [1.165, 1.54) is 225 Å². The van der Waals surface area contributed by atoms with Gasteiger partial charge in [-0.2, -0.15) is 0 Å². The minimum Gasteiger partial charge on any atom is -0.462 e. The molecule has 0 fully saturated rings. The molecule has 0 aromatic heterocycles. The highest BCUT2D eigenvalue weighted by molar-refractivity contribution is 5.71. The number of rotatable bonds is 53. The van der Waals surface area contributed by atoms with Gasteiger partial charge < -0.3 is 14.2 Å². The molecule has 0 aromatic carbocycles. The van der Waals surface area contributed by atoms with Crippen molar-refractivity contribution in [3.63, 3.8) is 0 Å². The summed E-state index contributed by atoms with van der Waals surface area (Å²) in [6.45, 7) is 9.08. The summed E-state index contributed by atoms with van der Waals surface area (Å²) in [5.41, 5.74) is 0. The van der Waals surface area contributed by atoms with Crippen LogP contribution in [0, 0.1) is 5.92 Å². The summed E-state index contributed by atoms with van der Waals surface area (Å²) >= 11 is 0. The summed E-state index contributed by atoms with van der Waals surface area (Å²) in [6.07, 6.45) is 56.6. The maximum absolute atomic E-state index is 12.8. The van der Waals surface area contributed by atoms with Crippen molar-refractivity contribution < 1.29 is 28.6 Å². The minimum atomic E-state index is -0.762. The summed E-state index contributed by atoms with van der Waals surface area (Å²) in [6, 6.07) is 0. The third-order valence-corrected chi connectivity index (χ3v) is 13.7. The quantitative estimate of drug-likeness (QED) is 0.0344. The molecule has 0 aliphatic rings. The molecule has 6 nitrogen and oxygen atoms in total. The van der Waals surface area contributed by atoms with Crippen LogP contribution in [0.3, 0.4) is 0 Å². The van der Waals surface area contributed by atoms with Gasteiger partial charge in [0.15, 0.2) is 6.10 Å². The fourth-order valence-electron chi connectivity index (χ4n) is 8.89. The molecule has 0 aliphatic carbocycles. The van der Waals surface area contributed by atoms with Crippen LogP contribution in [0.25, 0.3) is 0 Å². The maximum atomic E-state index is 12.8. The van der Waals surface area contributed by atoms with E-state index in [1.54, 1.807) is 0 Å². The van der Waals surface area contributed by atoms with Gasteiger partial charge in [-0.1, -0.05) is 291 Å². The van der Waals surface area contributed by atoms with Crippen LogP contribution in [0.5, 0.6) is 0 Å². The Morgan fingerprint density at radius 3 is 0.812 bits per heavy atom. The SMILES string of the molecule is CCCCCCCCCCCCCCCCCCCCC(=O)OC[C@H](COC(=O)CCCCCCCCCCCCC(C)CC)OC(=O)CCCCCCCCCCCCCCCC. The summed E-state index contributed by atoms with van der Waals surface area (Å²) in [4.78, 5) is 38.1. The van der Waals surface area contributed by atoms with Gasteiger partial charge in [0.05, 0.1) is 0 Å². The zero-order chi connectivity index (χ0) is 46.7. The first-order valence-corrected chi connectivity index (χ1v) is 28.9. The standard InChI is InChI=1S/C58H112O6/c1-5-8-10-12-14-16-18-20-22-23-24-25-27-28-33-37-41-45-49-56(59)62-52-55(64-58(61)51-47-43-39-35-29-26-21-19-17-15-13-11-9-6-2)53-63-57(60)50-46-42-38-34-31-30-32-36-40-44-48-54(4)7-3/h54-55H,5-53H2,1-4H3/t54?,55-/m1/s1. The van der Waals surface area contributed by atoms with E-state index in [9.17, 15) is 14.4 Å². The fraction of sp³-hybridized carbons (Fsp3) is 0.948. The second-order valence-corrected chi connectivity index (χ2v) is 20.2. The Kier molecular flexibility index (Phi) is 51.1. The van der Waals surface area contributed by atoms with E-state index < -0.39 is 6.10 Å². The number of hydrogen-bond acceptors (Lipinski definition) is 6. The van der Waals surface area contributed by atoms with Crippen molar-refractivity contribution in [3.05, 3.63) is 0 Å². The maximum Gasteiger partial charge on any atom is 0.306 e. The third-order valence-electron chi connectivity index (χ3n) is 13.7. The van der Waals surface area contributed by atoms with Crippen LogP contribution in [-0.4, -0.2) is 37.2 Å². The lowest BCUT2D eigenvalue weighted by Crippen LogP contribution is -2.30. The Morgan fingerprint density at radius 1 is 0.312 bits per heavy atom. The van der Waals surface area contributed by atoms with E-state index >= 15 is 0 Å². The summed E-state index contributed by atoms with van der Waals surface area (Å²) in [5.74, 6) is 0.0334. The van der Waals surface area contributed by atoms with Crippen LogP contribution in [0.4, 0.5) is 0 Å². The van der Waals surface area contributed by atoms with E-state index in [4.69, 9.17) is 14.2 Å². The van der Waals surface area contributed by atoms with Gasteiger partial charge in [0.2, 0.25) is 0 Å². The van der Waals surface area contributed by atoms with Crippen LogP contribution >= 0.6 is 0 Å². The van der Waals surface area contributed by atoms with E-state index in [0.717, 1.165) is 63.7 Å². The molecule has 0 aliphatic heterocycles. The monoisotopic (exact) mass is 905 g/mol. The summed E-state index contributed by atoms with van der Waals surface area (Å²) in [7, 11) is 0. The normalized spacial score (nSPS) is 12.4. The van der Waals surface area contributed by atoms with Crippen molar-refractivity contribution in [1.82, 2.24) is 0 Å². The third kappa shape index (κ3) is 49.8. The zero-order valence-electron chi connectivity index (χ0n) is 43.8. The topological polar surface area (TPSA) is 78.9 Å². The Morgan fingerprint density at radius 2 is 0.547 bits per heavy atom. The summed E-state index contributed by atoms with van der Waals surface area (Å²) < 4.78 is 16.9. The molecule has 0 rings (SSSR count). The molecule has 0 heterocycles. The van der Waals surface area contributed by atoms with Crippen LogP contribution in [0.15, 0.2) is 0 Å². The molecule has 0 amide bonds. The molecule has 1 unspecified atom stereocenters. The molecule has 64 heavy (non-hydrogen) atoms. The minimum absolute atomic E-state index is 0.0620. The molecule has 0 saturated carbocycles. The largest absolute Gasteiger partial charge is 0.462 e. The highest BCUT2D eigenvalue weighted by Gasteiger charge is 2.19. The van der Waals surface area contributed by atoms with Gasteiger partial charge >= 0.3 is 17.9 Å². The van der Waals surface area contributed by atoms with Gasteiger partial charge in [0, 0.05) is 19.3 Å². The van der Waals surface area contributed by atoms with Crippen molar-refractivity contribution in [2.75, 3.05) is 13.2 Å². The Bertz CT molecular complexity index is 966. The lowest BCUT2D eigenvalue weighted by atomic mass is 9.99. The molecule has 0 saturated heterocycles. The summed E-state index contributed by atoms with van der Waals surface area (Å²) in [5, 5.41) is 0. The van der Waals surface area contributed by atoms with E-state index in [2.05, 4.69) is 27.7 Å². The molecule has 0 aromatic rings. The molecule has 6 heteroatoms. The highest BCUT2D eigenvalue weighted by atomic mass is 16.6. The molecule has 380 valence electrons. The van der Waals surface area contributed by atoms with Crippen LogP contribution in [0.1, 0.15) is 329 Å². The Labute approximate surface area is 399 Å². The van der Waals surface area contributed by atoms with Crippen molar-refractivity contribution in [1.29, 1.82) is 0 Å². The number of esters is 3. The Hall–Kier alpha value is -1.59. The molecule has 0 radical (unpaired) electrons. The average Bonchev–Trinajstić information content (AvgIpc) is 3.29. The van der Waals surface area contributed by atoms with Gasteiger partial charge in [-0.15, -0.1) is 0 Å². The van der Waals surface area contributed by atoms with Gasteiger partial charge in [-0.05, 0) is 25.2 Å². The van der Waals surface area contributed by atoms with E-state index in [1.807, 2.05) is 0 Å². The van der Waals surface area contributed by atoms with Crippen molar-refractivity contribution in [2.24, 2.45) is 5.92 Å². The first kappa shape index (κ1) is 62.4. The predicted molar refractivity (Wildman–Crippen MR) is 275 cm³/mol. The fourth-order valence-corrected chi connectivity index (χ4v) is 8.89. The zero-order valence-corrected chi connectivity index (χ0v) is 43.8. The van der Waals surface area contributed by atoms with Crippen LogP contribution < -0.4 is 0 Å². The second kappa shape index (κ2) is 52.4. The molecular weight excluding hydrogens is 793 g/mol. The smallest absolute Gasteiger partial charge is 0.306 e. The Balaban J connectivity index is 4.29. The lowest BCUT2D eigenvalue weighted by molar-refractivity contribution is -0.167. The highest BCUT2D eigenvalue weighted by Crippen LogP contribution is 2.18. The first-order valence-electron chi connectivity index (χ1n) is 28.9. The van der Waals surface area contributed by atoms with Gasteiger partial charge in [0.25, 0.3) is 0 Å². The number of carbonyl (C=O) groups excluding carboxylic acids is 3. The van der Waals surface area contributed by atoms with Gasteiger partial charge in [-0.3, -0.25) is 14.4 Å². The molecule has 0 N–H and O–H groups in total. The number of carbonyl (C=O) groups is 3. The lowest BCUT2D eigenvalue weighted by Gasteiger charge is -2.18. The number of hydrogen-bond donors (Lipinski definition) is 0. The number of unbranched alkanes of at least 4 members (excludes halogenated alkanes) is 39. The van der Waals surface area contributed by atoms with Crippen molar-refractivity contribution in [2.45, 2.75) is 336 Å². The van der Waals surface area contributed by atoms with Crippen LogP contribution in [-0.2, 0) is 28.6 Å². The molecule has 0 bridgehead atoms. The molecule has 0 spiro atoms. The average molecular weight is 906 g/mol. The molecular formula is C58H112O6.